The van der Waals surface area contributed by atoms with E-state index in [1.165, 1.54) is 37.0 Å². The molecule has 5 heteroatoms. The SMILES string of the molecule is O=C(O)CN(CC(=O)O)CC1CCCCCCC1. The molecule has 18 heavy (non-hydrogen) atoms. The summed E-state index contributed by atoms with van der Waals surface area (Å²) >= 11 is 0. The number of carboxylic acid groups (broad SMARTS) is 2. The summed E-state index contributed by atoms with van der Waals surface area (Å²) in [4.78, 5) is 23.0. The van der Waals surface area contributed by atoms with E-state index in [1.807, 2.05) is 0 Å². The molecule has 1 rings (SSSR count). The summed E-state index contributed by atoms with van der Waals surface area (Å²) in [5.74, 6) is -1.46. The van der Waals surface area contributed by atoms with Gasteiger partial charge in [-0.2, -0.15) is 0 Å². The Hall–Kier alpha value is -1.10. The average Bonchev–Trinajstić information content (AvgIpc) is 2.19. The molecule has 5 nitrogen and oxygen atoms in total. The molecule has 0 aromatic heterocycles. The lowest BCUT2D eigenvalue weighted by Gasteiger charge is -2.26. The molecule has 0 amide bonds. The zero-order valence-corrected chi connectivity index (χ0v) is 10.8. The number of aliphatic carboxylic acids is 2. The van der Waals surface area contributed by atoms with E-state index in [2.05, 4.69) is 0 Å². The summed E-state index contributed by atoms with van der Waals surface area (Å²) in [5, 5.41) is 17.6. The van der Waals surface area contributed by atoms with Crippen molar-refractivity contribution in [1.82, 2.24) is 4.90 Å². The Balaban J connectivity index is 2.45. The van der Waals surface area contributed by atoms with Crippen molar-refractivity contribution in [3.05, 3.63) is 0 Å². The average molecular weight is 257 g/mol. The number of nitrogens with zero attached hydrogens (tertiary/aromatic N) is 1. The summed E-state index contributed by atoms with van der Waals surface area (Å²) in [6.45, 7) is 0.240. The molecule has 0 saturated heterocycles. The largest absolute Gasteiger partial charge is 0.480 e. The van der Waals surface area contributed by atoms with Gasteiger partial charge in [0, 0.05) is 6.54 Å². The van der Waals surface area contributed by atoms with Crippen molar-refractivity contribution >= 4 is 11.9 Å². The maximum Gasteiger partial charge on any atom is 0.317 e. The molecular formula is C13H23NO4. The number of hydrogen-bond acceptors (Lipinski definition) is 3. The van der Waals surface area contributed by atoms with Crippen molar-refractivity contribution in [2.75, 3.05) is 19.6 Å². The summed E-state index contributed by atoms with van der Waals surface area (Å²) in [6, 6.07) is 0. The second kappa shape index (κ2) is 8.08. The summed E-state index contributed by atoms with van der Waals surface area (Å²) in [5.41, 5.74) is 0. The predicted molar refractivity (Wildman–Crippen MR) is 67.5 cm³/mol. The molecular weight excluding hydrogens is 234 g/mol. The normalized spacial score (nSPS) is 18.3. The van der Waals surface area contributed by atoms with Crippen molar-refractivity contribution in [1.29, 1.82) is 0 Å². The van der Waals surface area contributed by atoms with Crippen LogP contribution in [0.2, 0.25) is 0 Å². The molecule has 0 spiro atoms. The van der Waals surface area contributed by atoms with Crippen LogP contribution in [0.4, 0.5) is 0 Å². The van der Waals surface area contributed by atoms with Crippen molar-refractivity contribution in [3.8, 4) is 0 Å². The Morgan fingerprint density at radius 3 is 1.78 bits per heavy atom. The highest BCUT2D eigenvalue weighted by atomic mass is 16.4. The number of carbonyl (C=O) groups is 2. The molecule has 1 saturated carbocycles. The molecule has 1 fully saturated rings. The smallest absolute Gasteiger partial charge is 0.317 e. The number of rotatable bonds is 6. The van der Waals surface area contributed by atoms with E-state index in [1.54, 1.807) is 0 Å². The van der Waals surface area contributed by atoms with Gasteiger partial charge >= 0.3 is 11.9 Å². The van der Waals surface area contributed by atoms with E-state index < -0.39 is 11.9 Å². The van der Waals surface area contributed by atoms with Gasteiger partial charge in [-0.05, 0) is 18.8 Å². The second-order valence-electron chi connectivity index (χ2n) is 5.17. The van der Waals surface area contributed by atoms with Crippen molar-refractivity contribution in [3.63, 3.8) is 0 Å². The fourth-order valence-corrected chi connectivity index (χ4v) is 2.66. The Labute approximate surface area is 108 Å². The van der Waals surface area contributed by atoms with E-state index in [4.69, 9.17) is 10.2 Å². The Kier molecular flexibility index (Phi) is 6.72. The minimum atomic E-state index is -0.956. The molecule has 0 aromatic carbocycles. The lowest BCUT2D eigenvalue weighted by molar-refractivity contribution is -0.142. The molecule has 1 aliphatic carbocycles. The van der Waals surface area contributed by atoms with Crippen LogP contribution in [-0.2, 0) is 9.59 Å². The Bertz CT molecular complexity index is 256. The summed E-state index contributed by atoms with van der Waals surface area (Å²) in [6.07, 6.45) is 8.33. The Morgan fingerprint density at radius 2 is 1.33 bits per heavy atom. The van der Waals surface area contributed by atoms with Crippen LogP contribution >= 0.6 is 0 Å². The van der Waals surface area contributed by atoms with Crippen molar-refractivity contribution in [2.45, 2.75) is 44.9 Å². The van der Waals surface area contributed by atoms with Gasteiger partial charge in [0.15, 0.2) is 0 Å². The molecule has 0 radical (unpaired) electrons. The molecule has 0 aromatic rings. The minimum Gasteiger partial charge on any atom is -0.480 e. The van der Waals surface area contributed by atoms with E-state index >= 15 is 0 Å². The van der Waals surface area contributed by atoms with E-state index in [9.17, 15) is 9.59 Å². The first-order valence-corrected chi connectivity index (χ1v) is 6.74. The molecule has 104 valence electrons. The van der Waals surface area contributed by atoms with Gasteiger partial charge in [0.2, 0.25) is 0 Å². The summed E-state index contributed by atoms with van der Waals surface area (Å²) < 4.78 is 0. The summed E-state index contributed by atoms with van der Waals surface area (Å²) in [7, 11) is 0. The standard InChI is InChI=1S/C13H23NO4/c15-12(16)9-14(10-13(17)18)8-11-6-4-2-1-3-5-7-11/h11H,1-10H2,(H,15,16)(H,17,18). The van der Waals surface area contributed by atoms with Gasteiger partial charge in [-0.3, -0.25) is 14.5 Å². The highest BCUT2D eigenvalue weighted by Crippen LogP contribution is 2.23. The van der Waals surface area contributed by atoms with E-state index in [0.717, 1.165) is 12.8 Å². The van der Waals surface area contributed by atoms with Crippen LogP contribution < -0.4 is 0 Å². The van der Waals surface area contributed by atoms with Crippen LogP contribution in [-0.4, -0.2) is 46.7 Å². The highest BCUT2D eigenvalue weighted by Gasteiger charge is 2.19. The van der Waals surface area contributed by atoms with Gasteiger partial charge in [0.05, 0.1) is 13.1 Å². The van der Waals surface area contributed by atoms with Crippen molar-refractivity contribution < 1.29 is 19.8 Å². The van der Waals surface area contributed by atoms with Crippen LogP contribution in [0.3, 0.4) is 0 Å². The first-order chi connectivity index (χ1) is 8.58. The van der Waals surface area contributed by atoms with E-state index in [-0.39, 0.29) is 13.1 Å². The van der Waals surface area contributed by atoms with Gasteiger partial charge in [0.25, 0.3) is 0 Å². The Morgan fingerprint density at radius 1 is 0.889 bits per heavy atom. The highest BCUT2D eigenvalue weighted by molar-refractivity contribution is 5.72. The van der Waals surface area contributed by atoms with Gasteiger partial charge in [0.1, 0.15) is 0 Å². The van der Waals surface area contributed by atoms with Crippen LogP contribution in [0.25, 0.3) is 0 Å². The monoisotopic (exact) mass is 257 g/mol. The molecule has 0 aliphatic heterocycles. The third-order valence-electron chi connectivity index (χ3n) is 3.46. The first-order valence-electron chi connectivity index (χ1n) is 6.74. The number of hydrogen-bond donors (Lipinski definition) is 2. The van der Waals surface area contributed by atoms with Gasteiger partial charge in [-0.25, -0.2) is 0 Å². The lowest BCUT2D eigenvalue weighted by Crippen LogP contribution is -2.38. The fourth-order valence-electron chi connectivity index (χ4n) is 2.66. The third-order valence-corrected chi connectivity index (χ3v) is 3.46. The zero-order chi connectivity index (χ0) is 13.4. The van der Waals surface area contributed by atoms with Crippen LogP contribution in [0.1, 0.15) is 44.9 Å². The quantitative estimate of drug-likeness (QED) is 0.759. The zero-order valence-electron chi connectivity index (χ0n) is 10.8. The molecule has 0 heterocycles. The van der Waals surface area contributed by atoms with Crippen LogP contribution in [0.15, 0.2) is 0 Å². The van der Waals surface area contributed by atoms with Gasteiger partial charge in [-0.15, -0.1) is 0 Å². The molecule has 0 unspecified atom stereocenters. The van der Waals surface area contributed by atoms with Crippen LogP contribution in [0.5, 0.6) is 0 Å². The fraction of sp³-hybridized carbons (Fsp3) is 0.846. The topological polar surface area (TPSA) is 77.8 Å². The third kappa shape index (κ3) is 6.59. The van der Waals surface area contributed by atoms with Crippen molar-refractivity contribution in [2.24, 2.45) is 5.92 Å². The van der Waals surface area contributed by atoms with Gasteiger partial charge < -0.3 is 10.2 Å². The molecule has 0 atom stereocenters. The van der Waals surface area contributed by atoms with E-state index in [0.29, 0.717) is 12.5 Å². The lowest BCUT2D eigenvalue weighted by atomic mass is 9.91. The minimum absolute atomic E-state index is 0.178. The molecule has 2 N–H and O–H groups in total. The number of carboxylic acids is 2. The first kappa shape index (κ1) is 15.0. The molecule has 1 aliphatic rings. The predicted octanol–water partition coefficient (Wildman–Crippen LogP) is 1.82. The second-order valence-corrected chi connectivity index (χ2v) is 5.17. The van der Waals surface area contributed by atoms with Gasteiger partial charge in [-0.1, -0.05) is 32.1 Å². The maximum absolute atomic E-state index is 10.7. The van der Waals surface area contributed by atoms with Crippen LogP contribution in [0, 0.1) is 5.92 Å². The maximum atomic E-state index is 10.7. The molecule has 0 bridgehead atoms.